The molecule has 0 radical (unpaired) electrons. The quantitative estimate of drug-likeness (QED) is 0.308. The maximum atomic E-state index is 13.1. The van der Waals surface area contributed by atoms with Crippen LogP contribution in [0, 0.1) is 0 Å². The number of hydrogen-bond donors (Lipinski definition) is 1. The third-order valence-electron chi connectivity index (χ3n) is 5.50. The Bertz CT molecular complexity index is 1430. The number of rotatable bonds is 6. The molecule has 0 unspecified atom stereocenters. The van der Waals surface area contributed by atoms with E-state index in [4.69, 9.17) is 21.0 Å². The summed E-state index contributed by atoms with van der Waals surface area (Å²) in [5.74, 6) is 1.09. The van der Waals surface area contributed by atoms with Gasteiger partial charge in [0.1, 0.15) is 11.5 Å². The van der Waals surface area contributed by atoms with Crippen molar-refractivity contribution in [2.75, 3.05) is 6.54 Å². The number of benzene rings is 3. The molecular formula is C28H21ClN2O2. The van der Waals surface area contributed by atoms with E-state index < -0.39 is 0 Å². The van der Waals surface area contributed by atoms with Gasteiger partial charge < -0.3 is 9.73 Å². The highest BCUT2D eigenvalue weighted by Crippen LogP contribution is 2.33. The molecule has 0 aliphatic rings. The molecule has 0 spiro atoms. The van der Waals surface area contributed by atoms with Crippen LogP contribution in [-0.4, -0.2) is 17.4 Å². The second kappa shape index (κ2) is 9.31. The minimum absolute atomic E-state index is 0.135. The van der Waals surface area contributed by atoms with Crippen molar-refractivity contribution in [3.63, 3.8) is 0 Å². The predicted octanol–water partition coefficient (Wildman–Crippen LogP) is 6.79. The molecule has 1 amide bonds. The normalized spacial score (nSPS) is 10.9. The lowest BCUT2D eigenvalue weighted by Crippen LogP contribution is -2.26. The zero-order valence-electron chi connectivity index (χ0n) is 17.8. The van der Waals surface area contributed by atoms with E-state index in [0.717, 1.165) is 22.9 Å². The summed E-state index contributed by atoms with van der Waals surface area (Å²) in [5.41, 5.74) is 3.89. The van der Waals surface area contributed by atoms with E-state index in [-0.39, 0.29) is 5.91 Å². The van der Waals surface area contributed by atoms with Crippen LogP contribution >= 0.6 is 11.6 Å². The number of para-hydroxylation sites is 1. The standard InChI is InChI=1S/C28H21ClN2O2/c29-23-12-6-4-11-21(23)26-14-15-27(33-26)25-18-22(20-10-5-7-13-24(20)31-25)28(32)30-17-16-19-8-2-1-3-9-19/h1-15,18H,16-17H2,(H,30,32). The highest BCUT2D eigenvalue weighted by Gasteiger charge is 2.16. The number of fused-ring (bicyclic) bond motifs is 1. The van der Waals surface area contributed by atoms with Crippen LogP contribution < -0.4 is 5.32 Å². The first-order valence-corrected chi connectivity index (χ1v) is 11.1. The lowest BCUT2D eigenvalue weighted by molar-refractivity contribution is 0.0955. The number of hydrogen-bond acceptors (Lipinski definition) is 3. The highest BCUT2D eigenvalue weighted by molar-refractivity contribution is 6.33. The maximum absolute atomic E-state index is 13.1. The van der Waals surface area contributed by atoms with Crippen molar-refractivity contribution in [3.05, 3.63) is 113 Å². The van der Waals surface area contributed by atoms with Gasteiger partial charge in [0.15, 0.2) is 5.76 Å². The van der Waals surface area contributed by atoms with Gasteiger partial charge in [-0.05, 0) is 48.4 Å². The number of halogens is 1. The largest absolute Gasteiger partial charge is 0.454 e. The van der Waals surface area contributed by atoms with Crippen molar-refractivity contribution in [2.45, 2.75) is 6.42 Å². The molecule has 33 heavy (non-hydrogen) atoms. The minimum Gasteiger partial charge on any atom is -0.454 e. The molecule has 0 saturated carbocycles. The van der Waals surface area contributed by atoms with Gasteiger partial charge in [-0.1, -0.05) is 72.3 Å². The summed E-state index contributed by atoms with van der Waals surface area (Å²) >= 11 is 6.32. The van der Waals surface area contributed by atoms with Gasteiger partial charge in [-0.25, -0.2) is 4.98 Å². The number of furan rings is 1. The lowest BCUT2D eigenvalue weighted by Gasteiger charge is -2.10. The van der Waals surface area contributed by atoms with Gasteiger partial charge in [-0.2, -0.15) is 0 Å². The molecule has 0 aliphatic carbocycles. The minimum atomic E-state index is -0.135. The van der Waals surface area contributed by atoms with Gasteiger partial charge in [-0.3, -0.25) is 4.79 Å². The van der Waals surface area contributed by atoms with Gasteiger partial charge in [0.25, 0.3) is 5.91 Å². The molecule has 0 bridgehead atoms. The lowest BCUT2D eigenvalue weighted by atomic mass is 10.1. The Balaban J connectivity index is 1.45. The van der Waals surface area contributed by atoms with E-state index in [9.17, 15) is 4.79 Å². The third kappa shape index (κ3) is 4.52. The van der Waals surface area contributed by atoms with Crippen LogP contribution in [0.25, 0.3) is 33.7 Å². The third-order valence-corrected chi connectivity index (χ3v) is 5.83. The number of carbonyl (C=O) groups excluding carboxylic acids is 1. The summed E-state index contributed by atoms with van der Waals surface area (Å²) in [6.07, 6.45) is 0.766. The van der Waals surface area contributed by atoms with Gasteiger partial charge >= 0.3 is 0 Å². The summed E-state index contributed by atoms with van der Waals surface area (Å²) in [7, 11) is 0. The van der Waals surface area contributed by atoms with Crippen molar-refractivity contribution in [1.29, 1.82) is 0 Å². The number of aromatic nitrogens is 1. The predicted molar refractivity (Wildman–Crippen MR) is 132 cm³/mol. The Kier molecular flexibility index (Phi) is 5.92. The zero-order valence-corrected chi connectivity index (χ0v) is 18.5. The first kappa shape index (κ1) is 21.0. The van der Waals surface area contributed by atoms with Gasteiger partial charge in [-0.15, -0.1) is 0 Å². The molecule has 0 fully saturated rings. The second-order valence-electron chi connectivity index (χ2n) is 7.71. The SMILES string of the molecule is O=C(NCCc1ccccc1)c1cc(-c2ccc(-c3ccccc3Cl)o2)nc2ccccc12. The Labute approximate surface area is 196 Å². The van der Waals surface area contributed by atoms with Crippen molar-refractivity contribution >= 4 is 28.4 Å². The van der Waals surface area contributed by atoms with Gasteiger partial charge in [0, 0.05) is 17.5 Å². The molecule has 5 rings (SSSR count). The van der Waals surface area contributed by atoms with E-state index in [1.807, 2.05) is 78.9 Å². The molecule has 2 heterocycles. The van der Waals surface area contributed by atoms with Crippen molar-refractivity contribution in [2.24, 2.45) is 0 Å². The van der Waals surface area contributed by atoms with Crippen molar-refractivity contribution < 1.29 is 9.21 Å². The van der Waals surface area contributed by atoms with Gasteiger partial charge in [0.05, 0.1) is 16.1 Å². The van der Waals surface area contributed by atoms with Crippen LogP contribution in [-0.2, 0) is 6.42 Å². The molecule has 0 atom stereocenters. The average Bonchev–Trinajstić information content (AvgIpc) is 3.34. The first-order chi connectivity index (χ1) is 16.2. The van der Waals surface area contributed by atoms with Crippen LogP contribution in [0.15, 0.2) is 101 Å². The Morgan fingerprint density at radius 1 is 0.848 bits per heavy atom. The molecule has 162 valence electrons. The van der Waals surface area contributed by atoms with E-state index in [2.05, 4.69) is 17.4 Å². The molecule has 2 aromatic heterocycles. The molecule has 1 N–H and O–H groups in total. The molecular weight excluding hydrogens is 432 g/mol. The molecule has 5 heteroatoms. The topological polar surface area (TPSA) is 55.1 Å². The van der Waals surface area contributed by atoms with Crippen LogP contribution in [0.5, 0.6) is 0 Å². The highest BCUT2D eigenvalue weighted by atomic mass is 35.5. The fourth-order valence-electron chi connectivity index (χ4n) is 3.83. The summed E-state index contributed by atoms with van der Waals surface area (Å²) in [4.78, 5) is 17.9. The van der Waals surface area contributed by atoms with Crippen LogP contribution in [0.3, 0.4) is 0 Å². The number of amides is 1. The first-order valence-electron chi connectivity index (χ1n) is 10.8. The van der Waals surface area contributed by atoms with Crippen molar-refractivity contribution in [3.8, 4) is 22.8 Å². The molecule has 4 nitrogen and oxygen atoms in total. The summed E-state index contributed by atoms with van der Waals surface area (Å²) in [6.45, 7) is 0.548. The summed E-state index contributed by atoms with van der Waals surface area (Å²) < 4.78 is 6.08. The van der Waals surface area contributed by atoms with E-state index in [1.165, 1.54) is 5.56 Å². The zero-order chi connectivity index (χ0) is 22.6. The van der Waals surface area contributed by atoms with Crippen LogP contribution in [0.1, 0.15) is 15.9 Å². The average molecular weight is 453 g/mol. The second-order valence-corrected chi connectivity index (χ2v) is 8.11. The van der Waals surface area contributed by atoms with Crippen LogP contribution in [0.4, 0.5) is 0 Å². The summed E-state index contributed by atoms with van der Waals surface area (Å²) in [6, 6.07) is 30.8. The molecule has 0 aliphatic heterocycles. The molecule has 5 aromatic rings. The number of carbonyl (C=O) groups is 1. The smallest absolute Gasteiger partial charge is 0.252 e. The number of pyridine rings is 1. The van der Waals surface area contributed by atoms with E-state index in [1.54, 1.807) is 6.07 Å². The van der Waals surface area contributed by atoms with E-state index in [0.29, 0.717) is 34.3 Å². The number of nitrogens with zero attached hydrogens (tertiary/aromatic N) is 1. The fourth-order valence-corrected chi connectivity index (χ4v) is 4.06. The van der Waals surface area contributed by atoms with E-state index >= 15 is 0 Å². The number of nitrogens with one attached hydrogen (secondary N) is 1. The Morgan fingerprint density at radius 3 is 2.42 bits per heavy atom. The Morgan fingerprint density at radius 2 is 1.58 bits per heavy atom. The maximum Gasteiger partial charge on any atom is 0.252 e. The Hall–Kier alpha value is -3.89. The molecule has 0 saturated heterocycles. The van der Waals surface area contributed by atoms with Crippen LogP contribution in [0.2, 0.25) is 5.02 Å². The monoisotopic (exact) mass is 452 g/mol. The fraction of sp³-hybridized carbons (Fsp3) is 0.0714. The van der Waals surface area contributed by atoms with Crippen molar-refractivity contribution in [1.82, 2.24) is 10.3 Å². The molecule has 3 aromatic carbocycles. The van der Waals surface area contributed by atoms with Gasteiger partial charge in [0.2, 0.25) is 0 Å². The summed E-state index contributed by atoms with van der Waals surface area (Å²) in [5, 5.41) is 4.46.